The Morgan fingerprint density at radius 3 is 2.41 bits per heavy atom. The zero-order valence-corrected chi connectivity index (χ0v) is 30.9. The minimum Gasteiger partial charge on any atom is -0.493 e. The molecule has 2 heterocycles. The molecule has 1 aliphatic heterocycles. The van der Waals surface area contributed by atoms with Crippen molar-refractivity contribution in [3.8, 4) is 23.0 Å². The Hall–Kier alpha value is -3.96. The number of hydrogen-bond acceptors (Lipinski definition) is 9. The van der Waals surface area contributed by atoms with Crippen LogP contribution in [0, 0.1) is 0 Å². The Morgan fingerprint density at radius 1 is 0.959 bits per heavy atom. The fraction of sp³-hybridized carbons (Fsp3) is 0.306. The molecule has 1 aromatic heterocycles. The molecule has 0 amide bonds. The molecule has 0 bridgehead atoms. The quantitative estimate of drug-likeness (QED) is 0.138. The van der Waals surface area contributed by atoms with Crippen LogP contribution < -0.4 is 33.8 Å². The molecule has 0 unspecified atom stereocenters. The maximum absolute atomic E-state index is 14.2. The number of carbonyl (C=O) groups is 1. The van der Waals surface area contributed by atoms with Crippen LogP contribution in [-0.4, -0.2) is 37.0 Å². The van der Waals surface area contributed by atoms with Crippen molar-refractivity contribution in [1.82, 2.24) is 4.57 Å². The molecular formula is C36H35Cl3N2O7S. The van der Waals surface area contributed by atoms with E-state index in [0.717, 1.165) is 5.56 Å². The van der Waals surface area contributed by atoms with E-state index in [0.29, 0.717) is 70.8 Å². The van der Waals surface area contributed by atoms with Gasteiger partial charge in [0.1, 0.15) is 6.61 Å². The third-order valence-electron chi connectivity index (χ3n) is 7.38. The molecule has 9 nitrogen and oxygen atoms in total. The smallest absolute Gasteiger partial charge is 0.338 e. The SMILES string of the molecule is CCOC(=O)C1=C(C)N=c2s/c(=C\c3cc(Cl)c(OCc4ccc(Cl)c(Cl)c4)c(OCC)c3)c(=O)n2[C@H]1c1ccc(OC(C)C)c(OC)c1. The van der Waals surface area contributed by atoms with Crippen molar-refractivity contribution in [1.29, 1.82) is 0 Å². The van der Waals surface area contributed by atoms with Gasteiger partial charge >= 0.3 is 5.97 Å². The van der Waals surface area contributed by atoms with E-state index >= 15 is 0 Å². The average molecular weight is 746 g/mol. The number of halogens is 3. The van der Waals surface area contributed by atoms with Gasteiger partial charge in [-0.15, -0.1) is 0 Å². The molecule has 0 saturated heterocycles. The van der Waals surface area contributed by atoms with Gasteiger partial charge in [0.2, 0.25) is 0 Å². The lowest BCUT2D eigenvalue weighted by Crippen LogP contribution is -2.40. The van der Waals surface area contributed by atoms with Crippen LogP contribution in [0.5, 0.6) is 23.0 Å². The number of thiazole rings is 1. The number of esters is 1. The molecule has 258 valence electrons. The van der Waals surface area contributed by atoms with Crippen molar-refractivity contribution in [2.24, 2.45) is 4.99 Å². The number of allylic oxidation sites excluding steroid dienone is 1. The summed E-state index contributed by atoms with van der Waals surface area (Å²) in [5.74, 6) is 1.20. The molecule has 0 radical (unpaired) electrons. The van der Waals surface area contributed by atoms with Gasteiger partial charge in [0.15, 0.2) is 27.8 Å². The van der Waals surface area contributed by atoms with E-state index in [1.807, 2.05) is 32.9 Å². The molecule has 4 aromatic rings. The summed E-state index contributed by atoms with van der Waals surface area (Å²) in [5.41, 5.74) is 2.38. The predicted octanol–water partition coefficient (Wildman–Crippen LogP) is 7.53. The monoisotopic (exact) mass is 744 g/mol. The fourth-order valence-corrected chi connectivity index (χ4v) is 6.96. The Morgan fingerprint density at radius 2 is 1.73 bits per heavy atom. The van der Waals surface area contributed by atoms with Gasteiger partial charge in [-0.3, -0.25) is 9.36 Å². The normalized spacial score (nSPS) is 14.4. The number of aromatic nitrogens is 1. The summed E-state index contributed by atoms with van der Waals surface area (Å²) in [6.07, 6.45) is 1.62. The van der Waals surface area contributed by atoms with Gasteiger partial charge in [-0.25, -0.2) is 9.79 Å². The molecule has 49 heavy (non-hydrogen) atoms. The number of fused-ring (bicyclic) bond motifs is 1. The Balaban J connectivity index is 1.60. The van der Waals surface area contributed by atoms with E-state index < -0.39 is 12.0 Å². The summed E-state index contributed by atoms with van der Waals surface area (Å²) in [7, 11) is 1.54. The summed E-state index contributed by atoms with van der Waals surface area (Å²) >= 11 is 20.1. The largest absolute Gasteiger partial charge is 0.493 e. The average Bonchev–Trinajstić information content (AvgIpc) is 3.35. The van der Waals surface area contributed by atoms with Gasteiger partial charge in [-0.2, -0.15) is 0 Å². The van der Waals surface area contributed by atoms with E-state index in [1.54, 1.807) is 56.3 Å². The van der Waals surface area contributed by atoms with E-state index in [-0.39, 0.29) is 30.5 Å². The van der Waals surface area contributed by atoms with Crippen LogP contribution in [0.15, 0.2) is 69.6 Å². The van der Waals surface area contributed by atoms with E-state index in [1.165, 1.54) is 23.0 Å². The third kappa shape index (κ3) is 7.94. The van der Waals surface area contributed by atoms with Gasteiger partial charge in [-0.1, -0.05) is 58.3 Å². The summed E-state index contributed by atoms with van der Waals surface area (Å²) in [6.45, 7) is 9.82. The molecule has 5 rings (SSSR count). The first-order chi connectivity index (χ1) is 23.4. The molecule has 0 N–H and O–H groups in total. The van der Waals surface area contributed by atoms with Crippen LogP contribution >= 0.6 is 46.1 Å². The topological polar surface area (TPSA) is 97.6 Å². The van der Waals surface area contributed by atoms with E-state index in [2.05, 4.69) is 4.99 Å². The van der Waals surface area contributed by atoms with Crippen molar-refractivity contribution in [2.75, 3.05) is 20.3 Å². The minimum atomic E-state index is -0.834. The maximum Gasteiger partial charge on any atom is 0.338 e. The second kappa shape index (κ2) is 15.7. The van der Waals surface area contributed by atoms with Crippen molar-refractivity contribution >= 4 is 58.2 Å². The van der Waals surface area contributed by atoms with Gasteiger partial charge in [0.25, 0.3) is 5.56 Å². The number of hydrogen-bond donors (Lipinski definition) is 0. The van der Waals surface area contributed by atoms with E-state index in [9.17, 15) is 9.59 Å². The highest BCUT2D eigenvalue weighted by molar-refractivity contribution is 7.07. The maximum atomic E-state index is 14.2. The zero-order chi connectivity index (χ0) is 35.4. The molecule has 1 atom stereocenters. The molecule has 0 fully saturated rings. The highest BCUT2D eigenvalue weighted by atomic mass is 35.5. The summed E-state index contributed by atoms with van der Waals surface area (Å²) in [4.78, 5) is 32.7. The zero-order valence-electron chi connectivity index (χ0n) is 27.8. The van der Waals surface area contributed by atoms with Gasteiger partial charge in [0, 0.05) is 0 Å². The molecule has 0 spiro atoms. The predicted molar refractivity (Wildman–Crippen MR) is 193 cm³/mol. The van der Waals surface area contributed by atoms with Crippen LogP contribution in [0.25, 0.3) is 6.08 Å². The lowest BCUT2D eigenvalue weighted by Gasteiger charge is -2.25. The van der Waals surface area contributed by atoms with Crippen molar-refractivity contribution in [3.63, 3.8) is 0 Å². The van der Waals surface area contributed by atoms with Gasteiger partial charge < -0.3 is 23.7 Å². The highest BCUT2D eigenvalue weighted by Gasteiger charge is 2.34. The summed E-state index contributed by atoms with van der Waals surface area (Å²) < 4.78 is 30.8. The van der Waals surface area contributed by atoms with Crippen molar-refractivity contribution < 1.29 is 28.5 Å². The first-order valence-electron chi connectivity index (χ1n) is 15.5. The van der Waals surface area contributed by atoms with Gasteiger partial charge in [0.05, 0.1) is 63.3 Å². The second-order valence-electron chi connectivity index (χ2n) is 11.2. The molecule has 0 aliphatic carbocycles. The first-order valence-corrected chi connectivity index (χ1v) is 17.5. The Labute approximate surface area is 302 Å². The summed E-state index contributed by atoms with van der Waals surface area (Å²) in [5, 5.41) is 1.15. The Kier molecular flexibility index (Phi) is 11.7. The van der Waals surface area contributed by atoms with Crippen LogP contribution in [0.4, 0.5) is 0 Å². The number of nitrogens with zero attached hydrogens (tertiary/aromatic N) is 2. The number of rotatable bonds is 12. The molecule has 3 aromatic carbocycles. The lowest BCUT2D eigenvalue weighted by atomic mass is 9.95. The van der Waals surface area contributed by atoms with Crippen LogP contribution in [0.3, 0.4) is 0 Å². The minimum absolute atomic E-state index is 0.0883. The number of methoxy groups -OCH3 is 1. The van der Waals surface area contributed by atoms with Crippen LogP contribution in [0.1, 0.15) is 57.4 Å². The Bertz CT molecular complexity index is 2110. The first kappa shape index (κ1) is 36.3. The number of benzene rings is 3. The van der Waals surface area contributed by atoms with Crippen molar-refractivity contribution in [3.05, 3.63) is 111 Å². The van der Waals surface area contributed by atoms with Crippen LogP contribution in [-0.2, 0) is 16.1 Å². The lowest BCUT2D eigenvalue weighted by molar-refractivity contribution is -0.139. The third-order valence-corrected chi connectivity index (χ3v) is 9.38. The van der Waals surface area contributed by atoms with Crippen LogP contribution in [0.2, 0.25) is 15.1 Å². The van der Waals surface area contributed by atoms with Gasteiger partial charge in [-0.05, 0) is 93.8 Å². The number of ether oxygens (including phenoxy) is 5. The van der Waals surface area contributed by atoms with E-state index in [4.69, 9.17) is 58.5 Å². The number of carbonyl (C=O) groups excluding carboxylic acids is 1. The summed E-state index contributed by atoms with van der Waals surface area (Å²) in [6, 6.07) is 13.2. The fourth-order valence-electron chi connectivity index (χ4n) is 5.32. The molecule has 1 aliphatic rings. The standard InChI is InChI=1S/C36H35Cl3N2O7S/c1-7-45-29-15-22(14-26(39)33(29)47-18-21-9-11-24(37)25(38)13-21)16-30-34(42)41-32(23-10-12-27(48-19(3)4)28(17-23)44-6)31(35(43)46-8-2)20(5)40-36(41)49-30/h9-17,19,32H,7-8,18H2,1-6H3/b30-16-/t32-/m0/s1. The molecular weight excluding hydrogens is 711 g/mol. The highest BCUT2D eigenvalue weighted by Crippen LogP contribution is 2.39. The second-order valence-corrected chi connectivity index (χ2v) is 13.4. The molecule has 13 heteroatoms. The molecule has 0 saturated carbocycles. The van der Waals surface area contributed by atoms with Crippen molar-refractivity contribution in [2.45, 2.75) is 53.4 Å².